The predicted octanol–water partition coefficient (Wildman–Crippen LogP) is 2.52. The van der Waals surface area contributed by atoms with Gasteiger partial charge in [0.2, 0.25) is 0 Å². The van der Waals surface area contributed by atoms with E-state index in [2.05, 4.69) is 5.32 Å². The van der Waals surface area contributed by atoms with E-state index >= 15 is 0 Å². The van der Waals surface area contributed by atoms with Crippen LogP contribution in [0.15, 0.2) is 54.7 Å². The van der Waals surface area contributed by atoms with E-state index in [0.717, 1.165) is 0 Å². The van der Waals surface area contributed by atoms with Crippen molar-refractivity contribution >= 4 is 40.1 Å². The molecular formula is C20H17N3O7. The van der Waals surface area contributed by atoms with Crippen LogP contribution < -0.4 is 5.32 Å². The van der Waals surface area contributed by atoms with Crippen LogP contribution in [0, 0.1) is 10.1 Å². The quantitative estimate of drug-likeness (QED) is 0.359. The van der Waals surface area contributed by atoms with Gasteiger partial charge < -0.3 is 19.4 Å². The maximum absolute atomic E-state index is 12.2. The largest absolute Gasteiger partial charge is 0.465 e. The maximum atomic E-state index is 12.2. The van der Waals surface area contributed by atoms with Gasteiger partial charge in [0, 0.05) is 34.9 Å². The van der Waals surface area contributed by atoms with Crippen LogP contribution in [0.1, 0.15) is 10.4 Å². The number of methoxy groups -OCH3 is 1. The number of benzene rings is 2. The van der Waals surface area contributed by atoms with Gasteiger partial charge in [0.15, 0.2) is 6.61 Å². The Morgan fingerprint density at radius 2 is 1.90 bits per heavy atom. The Balaban J connectivity index is 1.62. The average Bonchev–Trinajstić information content (AvgIpc) is 3.10. The van der Waals surface area contributed by atoms with E-state index in [-0.39, 0.29) is 17.9 Å². The first-order valence-electron chi connectivity index (χ1n) is 8.75. The topological polar surface area (TPSA) is 130 Å². The summed E-state index contributed by atoms with van der Waals surface area (Å²) < 4.78 is 11.3. The van der Waals surface area contributed by atoms with Gasteiger partial charge in [-0.3, -0.25) is 19.7 Å². The predicted molar refractivity (Wildman–Crippen MR) is 106 cm³/mol. The molecule has 0 spiro atoms. The smallest absolute Gasteiger partial charge is 0.340 e. The van der Waals surface area contributed by atoms with Crippen LogP contribution in [0.3, 0.4) is 0 Å². The molecule has 0 aliphatic rings. The fourth-order valence-electron chi connectivity index (χ4n) is 2.88. The number of nitro groups is 1. The lowest BCUT2D eigenvalue weighted by molar-refractivity contribution is -0.384. The molecule has 0 radical (unpaired) electrons. The molecule has 0 aliphatic carbocycles. The third-order valence-corrected chi connectivity index (χ3v) is 4.20. The Labute approximate surface area is 170 Å². The van der Waals surface area contributed by atoms with Crippen molar-refractivity contribution in [3.63, 3.8) is 0 Å². The van der Waals surface area contributed by atoms with Crippen LogP contribution in [-0.4, -0.2) is 41.1 Å². The van der Waals surface area contributed by atoms with Crippen molar-refractivity contribution in [3.8, 4) is 0 Å². The fraction of sp³-hybridized carbons (Fsp3) is 0.150. The molecule has 10 nitrogen and oxygen atoms in total. The Morgan fingerprint density at radius 3 is 2.63 bits per heavy atom. The zero-order valence-electron chi connectivity index (χ0n) is 15.9. The number of carbonyl (C=O) groups excluding carboxylic acids is 3. The highest BCUT2D eigenvalue weighted by Gasteiger charge is 2.17. The number of nitrogens with one attached hydrogen (secondary N) is 1. The summed E-state index contributed by atoms with van der Waals surface area (Å²) in [5.74, 6) is -1.87. The number of nitro benzene ring substituents is 1. The number of ether oxygens (including phenoxy) is 2. The van der Waals surface area contributed by atoms with Gasteiger partial charge in [-0.1, -0.05) is 24.3 Å². The van der Waals surface area contributed by atoms with Gasteiger partial charge in [0.05, 0.1) is 17.6 Å². The minimum Gasteiger partial charge on any atom is -0.465 e. The summed E-state index contributed by atoms with van der Waals surface area (Å²) in [7, 11) is 1.27. The van der Waals surface area contributed by atoms with Gasteiger partial charge in [0.25, 0.3) is 11.6 Å². The summed E-state index contributed by atoms with van der Waals surface area (Å²) in [6.45, 7) is -0.786. The summed E-state index contributed by atoms with van der Waals surface area (Å²) >= 11 is 0. The third kappa shape index (κ3) is 4.61. The van der Waals surface area contributed by atoms with Crippen LogP contribution in [0.5, 0.6) is 0 Å². The Kier molecular flexibility index (Phi) is 6.06. The van der Waals surface area contributed by atoms with Crippen molar-refractivity contribution in [3.05, 3.63) is 70.4 Å². The van der Waals surface area contributed by atoms with Gasteiger partial charge >= 0.3 is 11.9 Å². The first-order valence-corrected chi connectivity index (χ1v) is 8.75. The minimum absolute atomic E-state index is 0.175. The number of carbonyl (C=O) groups is 3. The van der Waals surface area contributed by atoms with Crippen LogP contribution in [0.25, 0.3) is 10.9 Å². The van der Waals surface area contributed by atoms with Gasteiger partial charge in [-0.05, 0) is 12.1 Å². The van der Waals surface area contributed by atoms with Gasteiger partial charge in [-0.2, -0.15) is 0 Å². The maximum Gasteiger partial charge on any atom is 0.340 e. The number of anilines is 1. The van der Waals surface area contributed by atoms with Crippen LogP contribution in [0.4, 0.5) is 11.4 Å². The number of nitrogens with zero attached hydrogens (tertiary/aromatic N) is 2. The van der Waals surface area contributed by atoms with E-state index in [1.165, 1.54) is 42.1 Å². The molecule has 0 saturated carbocycles. The lowest BCUT2D eigenvalue weighted by Crippen LogP contribution is -2.22. The number of hydrogen-bond acceptors (Lipinski definition) is 7. The van der Waals surface area contributed by atoms with Gasteiger partial charge in [-0.25, -0.2) is 4.79 Å². The van der Waals surface area contributed by atoms with Gasteiger partial charge in [0.1, 0.15) is 6.54 Å². The minimum atomic E-state index is -0.693. The third-order valence-electron chi connectivity index (χ3n) is 4.20. The number of hydrogen-bond donors (Lipinski definition) is 1. The summed E-state index contributed by atoms with van der Waals surface area (Å²) in [6.07, 6.45) is 1.49. The number of amides is 1. The Morgan fingerprint density at radius 1 is 1.13 bits per heavy atom. The van der Waals surface area contributed by atoms with E-state index in [1.54, 1.807) is 24.3 Å². The molecule has 0 atom stereocenters. The first-order chi connectivity index (χ1) is 14.4. The Hall–Kier alpha value is -4.21. The standard InChI is InChI=1S/C20H17N3O7/c1-29-20(26)16-10-22(17-8-3-2-7-15(16)17)11-19(25)30-12-18(24)21-13-5-4-6-14(9-13)23(27)28/h2-10H,11-12H2,1H3,(H,21,24). The van der Waals surface area contributed by atoms with Crippen molar-refractivity contribution < 1.29 is 28.8 Å². The number of non-ortho nitro benzene ring substituents is 1. The van der Waals surface area contributed by atoms with E-state index in [9.17, 15) is 24.5 Å². The average molecular weight is 411 g/mol. The van der Waals surface area contributed by atoms with Crippen molar-refractivity contribution in [2.45, 2.75) is 6.54 Å². The summed E-state index contributed by atoms with van der Waals surface area (Å²) in [6, 6.07) is 12.4. The molecule has 0 unspecified atom stereocenters. The molecule has 1 amide bonds. The molecule has 1 heterocycles. The molecule has 1 aromatic heterocycles. The van der Waals surface area contributed by atoms with Crippen LogP contribution in [-0.2, 0) is 25.6 Å². The normalized spacial score (nSPS) is 10.4. The van der Waals surface area contributed by atoms with E-state index < -0.39 is 29.4 Å². The highest BCUT2D eigenvalue weighted by atomic mass is 16.6. The zero-order chi connectivity index (χ0) is 21.7. The molecule has 154 valence electrons. The SMILES string of the molecule is COC(=O)c1cn(CC(=O)OCC(=O)Nc2cccc([N+](=O)[O-])c2)c2ccccc12. The van der Waals surface area contributed by atoms with Crippen molar-refractivity contribution in [2.24, 2.45) is 0 Å². The number of esters is 2. The van der Waals surface area contributed by atoms with Crippen molar-refractivity contribution in [1.82, 2.24) is 4.57 Å². The van der Waals surface area contributed by atoms with E-state index in [1.807, 2.05) is 0 Å². The molecule has 1 N–H and O–H groups in total. The summed E-state index contributed by atoms with van der Waals surface area (Å²) in [4.78, 5) is 46.3. The highest BCUT2D eigenvalue weighted by molar-refractivity contribution is 6.04. The van der Waals surface area contributed by atoms with Crippen LogP contribution in [0.2, 0.25) is 0 Å². The second-order valence-corrected chi connectivity index (χ2v) is 6.20. The number of aromatic nitrogens is 1. The number of rotatable bonds is 7. The first kappa shape index (κ1) is 20.5. The van der Waals surface area contributed by atoms with Crippen molar-refractivity contribution in [2.75, 3.05) is 19.0 Å². The molecular weight excluding hydrogens is 394 g/mol. The summed E-state index contributed by atoms with van der Waals surface area (Å²) in [5, 5.41) is 13.8. The lowest BCUT2D eigenvalue weighted by Gasteiger charge is -2.08. The monoisotopic (exact) mass is 411 g/mol. The molecule has 10 heteroatoms. The second kappa shape index (κ2) is 8.86. The van der Waals surface area contributed by atoms with Crippen LogP contribution >= 0.6 is 0 Å². The zero-order valence-corrected chi connectivity index (χ0v) is 15.9. The molecule has 2 aromatic carbocycles. The molecule has 0 aliphatic heterocycles. The van der Waals surface area contributed by atoms with E-state index in [4.69, 9.17) is 9.47 Å². The Bertz CT molecular complexity index is 1140. The van der Waals surface area contributed by atoms with Gasteiger partial charge in [-0.15, -0.1) is 0 Å². The molecule has 3 aromatic rings. The highest BCUT2D eigenvalue weighted by Crippen LogP contribution is 2.22. The number of para-hydroxylation sites is 1. The molecule has 0 bridgehead atoms. The molecule has 0 fully saturated rings. The number of fused-ring (bicyclic) bond motifs is 1. The fourth-order valence-corrected chi connectivity index (χ4v) is 2.88. The second-order valence-electron chi connectivity index (χ2n) is 6.20. The van der Waals surface area contributed by atoms with Crippen molar-refractivity contribution in [1.29, 1.82) is 0 Å². The molecule has 30 heavy (non-hydrogen) atoms. The molecule has 0 saturated heterocycles. The molecule has 3 rings (SSSR count). The lowest BCUT2D eigenvalue weighted by atomic mass is 10.2. The van der Waals surface area contributed by atoms with E-state index in [0.29, 0.717) is 16.5 Å². The summed E-state index contributed by atoms with van der Waals surface area (Å²) in [5.41, 5.74) is 0.982.